The second kappa shape index (κ2) is 4.20. The van der Waals surface area contributed by atoms with Crippen LogP contribution in [0.25, 0.3) is 0 Å². The molecule has 1 fully saturated rings. The number of hydrogen-bond acceptors (Lipinski definition) is 1. The van der Waals surface area contributed by atoms with Gasteiger partial charge in [-0.2, -0.15) is 0 Å². The van der Waals surface area contributed by atoms with Crippen LogP contribution in [-0.2, 0) is 0 Å². The summed E-state index contributed by atoms with van der Waals surface area (Å²) in [6.45, 7) is 8.39. The molecular weight excluding hydrogens is 176 g/mol. The van der Waals surface area contributed by atoms with Crippen LogP contribution in [0.4, 0.5) is 4.79 Å². The largest absolute Gasteiger partial charge is 0.336 e. The average molecular weight is 198 g/mol. The minimum absolute atomic E-state index is 0.0278. The number of urea groups is 1. The minimum Gasteiger partial charge on any atom is -0.336 e. The first-order valence-corrected chi connectivity index (χ1v) is 5.49. The van der Waals surface area contributed by atoms with Gasteiger partial charge in [0.15, 0.2) is 0 Å². The summed E-state index contributed by atoms with van der Waals surface area (Å²) >= 11 is 0. The van der Waals surface area contributed by atoms with Crippen molar-refractivity contribution in [3.63, 3.8) is 0 Å². The molecule has 0 bridgehead atoms. The van der Waals surface area contributed by atoms with Crippen molar-refractivity contribution in [2.75, 3.05) is 0 Å². The molecule has 1 aliphatic carbocycles. The molecule has 0 aromatic carbocycles. The molecule has 0 saturated heterocycles. The molecule has 0 aromatic rings. The van der Waals surface area contributed by atoms with Crippen LogP contribution in [-0.4, -0.2) is 18.1 Å². The third-order valence-corrected chi connectivity index (χ3v) is 2.98. The van der Waals surface area contributed by atoms with Crippen molar-refractivity contribution in [2.45, 2.75) is 59.0 Å². The third kappa shape index (κ3) is 2.89. The number of amides is 2. The quantitative estimate of drug-likeness (QED) is 0.702. The van der Waals surface area contributed by atoms with Crippen molar-refractivity contribution < 1.29 is 4.79 Å². The molecule has 0 aliphatic heterocycles. The van der Waals surface area contributed by atoms with Crippen molar-refractivity contribution in [1.82, 2.24) is 10.6 Å². The Morgan fingerprint density at radius 2 is 2.07 bits per heavy atom. The fourth-order valence-electron chi connectivity index (χ4n) is 2.06. The van der Waals surface area contributed by atoms with Gasteiger partial charge in [0, 0.05) is 12.1 Å². The normalized spacial score (nSPS) is 25.1. The van der Waals surface area contributed by atoms with Gasteiger partial charge in [-0.3, -0.25) is 0 Å². The van der Waals surface area contributed by atoms with E-state index in [-0.39, 0.29) is 17.5 Å². The summed E-state index contributed by atoms with van der Waals surface area (Å²) in [5.74, 6) is 0. The first-order valence-electron chi connectivity index (χ1n) is 5.49. The lowest BCUT2D eigenvalue weighted by Gasteiger charge is -2.28. The van der Waals surface area contributed by atoms with Crippen LogP contribution in [0, 0.1) is 5.41 Å². The highest BCUT2D eigenvalue weighted by Gasteiger charge is 2.35. The summed E-state index contributed by atoms with van der Waals surface area (Å²) < 4.78 is 0. The Morgan fingerprint density at radius 3 is 2.50 bits per heavy atom. The Hall–Kier alpha value is -0.730. The smallest absolute Gasteiger partial charge is 0.315 e. The zero-order valence-electron chi connectivity index (χ0n) is 9.68. The molecular formula is C11H22N2O. The van der Waals surface area contributed by atoms with Gasteiger partial charge in [0.1, 0.15) is 0 Å². The van der Waals surface area contributed by atoms with Gasteiger partial charge in [0.2, 0.25) is 0 Å². The zero-order chi connectivity index (χ0) is 10.8. The lowest BCUT2D eigenvalue weighted by atomic mass is 9.87. The van der Waals surface area contributed by atoms with Crippen LogP contribution >= 0.6 is 0 Å². The number of rotatable bonds is 2. The van der Waals surface area contributed by atoms with E-state index >= 15 is 0 Å². The molecule has 0 heterocycles. The van der Waals surface area contributed by atoms with E-state index in [4.69, 9.17) is 0 Å². The Morgan fingerprint density at radius 1 is 1.43 bits per heavy atom. The molecule has 1 atom stereocenters. The molecule has 82 valence electrons. The van der Waals surface area contributed by atoms with Crippen molar-refractivity contribution in [3.05, 3.63) is 0 Å². The first kappa shape index (κ1) is 11.3. The average Bonchev–Trinajstić information content (AvgIpc) is 2.29. The number of nitrogens with one attached hydrogen (secondary N) is 2. The van der Waals surface area contributed by atoms with E-state index in [1.54, 1.807) is 0 Å². The highest BCUT2D eigenvalue weighted by Crippen LogP contribution is 2.36. The van der Waals surface area contributed by atoms with Crippen LogP contribution in [0.5, 0.6) is 0 Å². The Kier molecular flexibility index (Phi) is 3.40. The lowest BCUT2D eigenvalue weighted by molar-refractivity contribution is 0.220. The second-order valence-corrected chi connectivity index (χ2v) is 5.21. The van der Waals surface area contributed by atoms with Crippen LogP contribution in [0.1, 0.15) is 47.0 Å². The SMILES string of the molecule is CC(C)NC(=O)NC1CCCC1(C)C. The number of carbonyl (C=O) groups is 1. The van der Waals surface area contributed by atoms with Gasteiger partial charge in [0.05, 0.1) is 0 Å². The van der Waals surface area contributed by atoms with Gasteiger partial charge in [-0.1, -0.05) is 20.3 Å². The molecule has 3 nitrogen and oxygen atoms in total. The Labute approximate surface area is 86.6 Å². The lowest BCUT2D eigenvalue weighted by Crippen LogP contribution is -2.48. The molecule has 3 heteroatoms. The van der Waals surface area contributed by atoms with Gasteiger partial charge in [-0.05, 0) is 32.1 Å². The van der Waals surface area contributed by atoms with E-state index in [2.05, 4.69) is 24.5 Å². The van der Waals surface area contributed by atoms with Crippen molar-refractivity contribution >= 4 is 6.03 Å². The zero-order valence-corrected chi connectivity index (χ0v) is 9.68. The van der Waals surface area contributed by atoms with E-state index in [0.29, 0.717) is 6.04 Å². The maximum absolute atomic E-state index is 11.5. The summed E-state index contributed by atoms with van der Waals surface area (Å²) in [6, 6.07) is 0.515. The molecule has 14 heavy (non-hydrogen) atoms. The third-order valence-electron chi connectivity index (χ3n) is 2.98. The highest BCUT2D eigenvalue weighted by atomic mass is 16.2. The standard InChI is InChI=1S/C11H22N2O/c1-8(2)12-10(14)13-9-6-5-7-11(9,3)4/h8-9H,5-7H2,1-4H3,(H2,12,13,14). The maximum atomic E-state index is 11.5. The van der Waals surface area contributed by atoms with Gasteiger partial charge in [-0.15, -0.1) is 0 Å². The highest BCUT2D eigenvalue weighted by molar-refractivity contribution is 5.74. The van der Waals surface area contributed by atoms with E-state index < -0.39 is 0 Å². The van der Waals surface area contributed by atoms with E-state index in [0.717, 1.165) is 6.42 Å². The molecule has 1 saturated carbocycles. The molecule has 0 spiro atoms. The van der Waals surface area contributed by atoms with Crippen LogP contribution in [0.15, 0.2) is 0 Å². The summed E-state index contributed by atoms with van der Waals surface area (Å²) in [6.07, 6.45) is 3.54. The Balaban J connectivity index is 2.40. The molecule has 0 aromatic heterocycles. The summed E-state index contributed by atoms with van der Waals surface area (Å²) in [5.41, 5.74) is 0.258. The van der Waals surface area contributed by atoms with E-state index in [9.17, 15) is 4.79 Å². The number of hydrogen-bond donors (Lipinski definition) is 2. The summed E-state index contributed by atoms with van der Waals surface area (Å²) in [4.78, 5) is 11.5. The predicted molar refractivity (Wildman–Crippen MR) is 58.2 cm³/mol. The topological polar surface area (TPSA) is 41.1 Å². The van der Waals surface area contributed by atoms with Crippen molar-refractivity contribution in [2.24, 2.45) is 5.41 Å². The fraction of sp³-hybridized carbons (Fsp3) is 0.909. The van der Waals surface area contributed by atoms with Crippen LogP contribution in [0.2, 0.25) is 0 Å². The molecule has 1 rings (SSSR count). The number of carbonyl (C=O) groups excluding carboxylic acids is 1. The second-order valence-electron chi connectivity index (χ2n) is 5.21. The predicted octanol–water partition coefficient (Wildman–Crippen LogP) is 2.27. The van der Waals surface area contributed by atoms with Gasteiger partial charge in [-0.25, -0.2) is 4.79 Å². The minimum atomic E-state index is -0.0278. The molecule has 2 amide bonds. The van der Waals surface area contributed by atoms with Crippen molar-refractivity contribution in [3.8, 4) is 0 Å². The monoisotopic (exact) mass is 198 g/mol. The molecule has 1 unspecified atom stereocenters. The van der Waals surface area contributed by atoms with Crippen LogP contribution in [0.3, 0.4) is 0 Å². The van der Waals surface area contributed by atoms with Gasteiger partial charge >= 0.3 is 6.03 Å². The fourth-order valence-corrected chi connectivity index (χ4v) is 2.06. The summed E-state index contributed by atoms with van der Waals surface area (Å²) in [7, 11) is 0. The molecule has 0 radical (unpaired) electrons. The Bertz CT molecular complexity index is 211. The van der Waals surface area contributed by atoms with Gasteiger partial charge in [0.25, 0.3) is 0 Å². The maximum Gasteiger partial charge on any atom is 0.315 e. The van der Waals surface area contributed by atoms with E-state index in [1.165, 1.54) is 12.8 Å². The van der Waals surface area contributed by atoms with Gasteiger partial charge < -0.3 is 10.6 Å². The van der Waals surface area contributed by atoms with E-state index in [1.807, 2.05) is 13.8 Å². The molecule has 1 aliphatic rings. The summed E-state index contributed by atoms with van der Waals surface area (Å²) in [5, 5.41) is 5.91. The van der Waals surface area contributed by atoms with Crippen LogP contribution < -0.4 is 10.6 Å². The van der Waals surface area contributed by atoms with Crippen molar-refractivity contribution in [1.29, 1.82) is 0 Å². The molecule has 2 N–H and O–H groups in total. The first-order chi connectivity index (χ1) is 6.42.